The van der Waals surface area contributed by atoms with E-state index in [-0.39, 0.29) is 35.8 Å². The summed E-state index contributed by atoms with van der Waals surface area (Å²) in [5, 5.41) is 3.64. The van der Waals surface area contributed by atoms with Gasteiger partial charge >= 0.3 is 229 Å². The molecule has 6 heteroatoms. The fourth-order valence-electron chi connectivity index (χ4n) is 3.70. The van der Waals surface area contributed by atoms with E-state index in [2.05, 4.69) is 77.0 Å². The van der Waals surface area contributed by atoms with Crippen molar-refractivity contribution in [3.8, 4) is 11.1 Å². The number of halogens is 1. The Morgan fingerprint density at radius 1 is 0.694 bits per heavy atom. The van der Waals surface area contributed by atoms with Gasteiger partial charge in [0.15, 0.2) is 0 Å². The Morgan fingerprint density at radius 2 is 1.31 bits per heavy atom. The summed E-state index contributed by atoms with van der Waals surface area (Å²) in [6, 6.07) is 38.7. The molecule has 0 aliphatic rings. The van der Waals surface area contributed by atoms with E-state index in [1.54, 1.807) is 24.4 Å². The monoisotopic (exact) mass is 620 g/mol. The van der Waals surface area contributed by atoms with Crippen molar-refractivity contribution in [2.45, 2.75) is 0 Å². The second-order valence-electron chi connectivity index (χ2n) is 7.82. The molecule has 1 N–H and O–H groups in total. The number of anilines is 1. The molecule has 1 heterocycles. The molecule has 0 unspecified atom stereocenters. The number of hydrogen-bond donors (Lipinski definition) is 1. The molecule has 0 radical (unpaired) electrons. The molecule has 0 aliphatic heterocycles. The van der Waals surface area contributed by atoms with E-state index in [1.807, 2.05) is 30.3 Å². The summed E-state index contributed by atoms with van der Waals surface area (Å²) in [5.41, 5.74) is 3.17. The van der Waals surface area contributed by atoms with Crippen LogP contribution in [0.2, 0.25) is 5.02 Å². The van der Waals surface area contributed by atoms with Gasteiger partial charge in [0.25, 0.3) is 0 Å². The van der Waals surface area contributed by atoms with Crippen LogP contribution in [0.1, 0.15) is 10.5 Å². The third kappa shape index (κ3) is 5.96. The van der Waals surface area contributed by atoms with Crippen molar-refractivity contribution < 1.29 is 4.79 Å². The average Bonchev–Trinajstić information content (AvgIpc) is 2.91. The molecule has 4 aromatic carbocycles. The topological polar surface area (TPSA) is 42.0 Å². The Morgan fingerprint density at radius 3 is 1.89 bits per heavy atom. The normalized spacial score (nSPS) is 10.7. The van der Waals surface area contributed by atoms with Crippen LogP contribution in [0.5, 0.6) is 0 Å². The number of aromatic nitrogens is 1. The minimum absolute atomic E-state index is 0.0846. The van der Waals surface area contributed by atoms with Gasteiger partial charge in [-0.05, 0) is 0 Å². The molecule has 5 aromatic rings. The van der Waals surface area contributed by atoms with Gasteiger partial charge in [-0.15, -0.1) is 0 Å². The first-order valence-electron chi connectivity index (χ1n) is 11.3. The Labute approximate surface area is 228 Å². The molecule has 1 amide bonds. The number of benzene rings is 4. The molecule has 3 nitrogen and oxygen atoms in total. The van der Waals surface area contributed by atoms with Gasteiger partial charge in [-0.3, -0.25) is 0 Å². The van der Waals surface area contributed by atoms with Crippen molar-refractivity contribution in [2.24, 2.45) is 0 Å². The van der Waals surface area contributed by atoms with Crippen LogP contribution in [0.25, 0.3) is 11.1 Å². The van der Waals surface area contributed by atoms with Gasteiger partial charge in [-0.1, -0.05) is 0 Å². The molecule has 0 saturated heterocycles. The fourth-order valence-corrected chi connectivity index (χ4v) is 8.46. The Hall–Kier alpha value is -3.17. The van der Waals surface area contributed by atoms with Crippen LogP contribution in [0.4, 0.5) is 5.69 Å². The number of carbonyl (C=O) groups excluding carboxylic acids is 1. The van der Waals surface area contributed by atoms with Gasteiger partial charge in [0.2, 0.25) is 0 Å². The van der Waals surface area contributed by atoms with Gasteiger partial charge in [0.05, 0.1) is 0 Å². The quantitative estimate of drug-likeness (QED) is 0.281. The van der Waals surface area contributed by atoms with Gasteiger partial charge in [-0.25, -0.2) is 0 Å². The van der Waals surface area contributed by atoms with E-state index in [0.29, 0.717) is 16.4 Å². The second-order valence-corrected chi connectivity index (χ2v) is 12.9. The van der Waals surface area contributed by atoms with Gasteiger partial charge in [-0.2, -0.15) is 0 Å². The van der Waals surface area contributed by atoms with Crippen LogP contribution < -0.4 is 23.2 Å². The van der Waals surface area contributed by atoms with Crippen molar-refractivity contribution in [3.63, 3.8) is 0 Å². The summed E-state index contributed by atoms with van der Waals surface area (Å²) in [6.07, 6.45) is 1.62. The number of nitrogens with zero attached hydrogens (tertiary/aromatic N) is 1. The van der Waals surface area contributed by atoms with Crippen LogP contribution >= 0.6 is 11.6 Å². The van der Waals surface area contributed by atoms with Gasteiger partial charge < -0.3 is 0 Å². The van der Waals surface area contributed by atoms with Crippen molar-refractivity contribution in [2.75, 3.05) is 5.32 Å². The van der Waals surface area contributed by atoms with E-state index < -0.39 is 0 Å². The minimum atomic E-state index is -0.264. The molecular formula is C30H21ClN2OSe2. The molecule has 0 fully saturated rings. The standard InChI is InChI=1S/C30H21ClN2OSe2/c31-21-17-18-24(26(20-21)33-30(34)25-14-7-8-19-32-25)29-27(35-22-10-3-1-4-11-22)15-9-16-28(29)36-23-12-5-2-6-13-23/h1-20H,(H,33,34). The zero-order chi connectivity index (χ0) is 24.7. The molecule has 0 spiro atoms. The van der Waals surface area contributed by atoms with Gasteiger partial charge in [0.1, 0.15) is 0 Å². The van der Waals surface area contributed by atoms with Crippen molar-refractivity contribution >= 4 is 71.0 Å². The third-order valence-corrected chi connectivity index (χ3v) is 10.0. The maximum atomic E-state index is 13.1. The number of pyridine rings is 1. The van der Waals surface area contributed by atoms with Crippen LogP contribution in [0.3, 0.4) is 0 Å². The molecule has 5 rings (SSSR count). The van der Waals surface area contributed by atoms with Crippen LogP contribution in [-0.2, 0) is 0 Å². The molecule has 176 valence electrons. The van der Waals surface area contributed by atoms with Crippen molar-refractivity contribution in [1.82, 2.24) is 4.98 Å². The number of hydrogen-bond acceptors (Lipinski definition) is 2. The summed E-state index contributed by atoms with van der Waals surface area (Å²) in [6.45, 7) is 0. The molecular weight excluding hydrogens is 598 g/mol. The third-order valence-electron chi connectivity index (χ3n) is 5.33. The number of amides is 1. The van der Waals surface area contributed by atoms with Gasteiger partial charge in [0, 0.05) is 0 Å². The van der Waals surface area contributed by atoms with Crippen LogP contribution in [0.15, 0.2) is 121 Å². The van der Waals surface area contributed by atoms with Crippen molar-refractivity contribution in [3.05, 3.63) is 132 Å². The zero-order valence-corrected chi connectivity index (χ0v) is 23.3. The van der Waals surface area contributed by atoms with Crippen LogP contribution in [-0.4, -0.2) is 40.8 Å². The zero-order valence-electron chi connectivity index (χ0n) is 19.1. The first-order valence-corrected chi connectivity index (χ1v) is 15.1. The summed E-state index contributed by atoms with van der Waals surface area (Å²) < 4.78 is 5.12. The summed E-state index contributed by atoms with van der Waals surface area (Å²) >= 11 is 6.58. The molecule has 1 aromatic heterocycles. The van der Waals surface area contributed by atoms with Crippen LogP contribution in [0, 0.1) is 0 Å². The molecule has 36 heavy (non-hydrogen) atoms. The Kier molecular flexibility index (Phi) is 7.98. The molecule has 0 atom stereocenters. The number of nitrogens with one attached hydrogen (secondary N) is 1. The van der Waals surface area contributed by atoms with E-state index in [4.69, 9.17) is 11.6 Å². The average molecular weight is 619 g/mol. The number of carbonyl (C=O) groups is 1. The summed E-state index contributed by atoms with van der Waals surface area (Å²) in [7, 11) is 0. The molecule has 0 saturated carbocycles. The van der Waals surface area contributed by atoms with E-state index in [9.17, 15) is 4.79 Å². The van der Waals surface area contributed by atoms with E-state index >= 15 is 0 Å². The summed E-state index contributed by atoms with van der Waals surface area (Å²) in [4.78, 5) is 17.3. The maximum absolute atomic E-state index is 13.1. The SMILES string of the molecule is O=C(Nc1cc(Cl)ccc1-c1c([Se]c2ccccc2)cccc1[Se]c1ccccc1)c1ccccn1. The van der Waals surface area contributed by atoms with Crippen molar-refractivity contribution in [1.29, 1.82) is 0 Å². The molecule has 0 bridgehead atoms. The predicted molar refractivity (Wildman–Crippen MR) is 152 cm³/mol. The fraction of sp³-hybridized carbons (Fsp3) is 0. The second kappa shape index (κ2) is 11.7. The number of rotatable bonds is 7. The van der Waals surface area contributed by atoms with E-state index in [0.717, 1.165) is 11.1 Å². The summed E-state index contributed by atoms with van der Waals surface area (Å²) in [5.74, 6) is -0.264. The predicted octanol–water partition coefficient (Wildman–Crippen LogP) is 3.96. The Bertz CT molecular complexity index is 1420. The first kappa shape index (κ1) is 24.5. The molecule has 0 aliphatic carbocycles. The van der Waals surface area contributed by atoms with E-state index in [1.165, 1.54) is 17.8 Å². The Balaban J connectivity index is 1.63. The first-order chi connectivity index (χ1) is 17.7.